The van der Waals surface area contributed by atoms with Crippen LogP contribution in [-0.4, -0.2) is 4.98 Å². The molecule has 10 heavy (non-hydrogen) atoms. The van der Waals surface area contributed by atoms with E-state index in [0.717, 1.165) is 11.4 Å². The summed E-state index contributed by atoms with van der Waals surface area (Å²) in [6.45, 7) is 0. The summed E-state index contributed by atoms with van der Waals surface area (Å²) in [5.74, 6) is 0.920. The molecule has 1 rings (SSSR count). The summed E-state index contributed by atoms with van der Waals surface area (Å²) in [6, 6.07) is 5.93. The van der Waals surface area contributed by atoms with Crippen LogP contribution in [0.25, 0.3) is 0 Å². The maximum Gasteiger partial charge on any atom is 0.0516 e. The summed E-state index contributed by atoms with van der Waals surface area (Å²) in [4.78, 5) is 4.15. The summed E-state index contributed by atoms with van der Waals surface area (Å²) in [7, 11) is 0. The standard InChI is InChI=1S/C6H7IN2S/c7-9-10-5-6-3-1-2-4-8-6/h1-4,9H,5H2. The van der Waals surface area contributed by atoms with E-state index in [4.69, 9.17) is 0 Å². The van der Waals surface area contributed by atoms with Gasteiger partial charge in [-0.05, 0) is 12.1 Å². The Morgan fingerprint density at radius 2 is 2.50 bits per heavy atom. The van der Waals surface area contributed by atoms with Crippen LogP contribution in [0.3, 0.4) is 0 Å². The molecule has 0 spiro atoms. The fraction of sp³-hybridized carbons (Fsp3) is 0.167. The molecule has 2 nitrogen and oxygen atoms in total. The molecule has 0 aliphatic rings. The molecule has 0 bridgehead atoms. The third-order valence-corrected chi connectivity index (χ3v) is 2.48. The van der Waals surface area contributed by atoms with E-state index in [0.29, 0.717) is 0 Å². The molecule has 0 aromatic carbocycles. The second kappa shape index (κ2) is 4.92. The van der Waals surface area contributed by atoms with Gasteiger partial charge in [0.05, 0.1) is 11.4 Å². The van der Waals surface area contributed by atoms with Crippen LogP contribution in [0.4, 0.5) is 0 Å². The van der Waals surface area contributed by atoms with Gasteiger partial charge in [0.25, 0.3) is 0 Å². The predicted octanol–water partition coefficient (Wildman–Crippen LogP) is 2.17. The second-order valence-electron chi connectivity index (χ2n) is 1.69. The maximum atomic E-state index is 4.15. The van der Waals surface area contributed by atoms with Crippen LogP contribution in [0.1, 0.15) is 5.69 Å². The van der Waals surface area contributed by atoms with E-state index in [1.165, 1.54) is 0 Å². The van der Waals surface area contributed by atoms with Crippen molar-refractivity contribution in [2.24, 2.45) is 0 Å². The van der Waals surface area contributed by atoms with Gasteiger partial charge in [-0.1, -0.05) is 18.0 Å². The van der Waals surface area contributed by atoms with Gasteiger partial charge in [0, 0.05) is 29.1 Å². The van der Waals surface area contributed by atoms with Crippen molar-refractivity contribution < 1.29 is 0 Å². The highest BCUT2D eigenvalue weighted by Gasteiger charge is 1.89. The molecule has 4 heteroatoms. The van der Waals surface area contributed by atoms with E-state index < -0.39 is 0 Å². The molecule has 0 aliphatic heterocycles. The smallest absolute Gasteiger partial charge is 0.0516 e. The number of rotatable bonds is 3. The maximum absolute atomic E-state index is 4.15. The average Bonchev–Trinajstić information content (AvgIpc) is 2.03. The van der Waals surface area contributed by atoms with Crippen molar-refractivity contribution in [2.45, 2.75) is 5.75 Å². The first-order chi connectivity index (χ1) is 4.93. The zero-order chi connectivity index (χ0) is 7.23. The number of nitrogens with one attached hydrogen (secondary N) is 1. The Bertz CT molecular complexity index is 180. The van der Waals surface area contributed by atoms with Gasteiger partial charge in [-0.15, -0.1) is 0 Å². The molecule has 0 fully saturated rings. The summed E-state index contributed by atoms with van der Waals surface area (Å²) in [5.41, 5.74) is 1.11. The minimum Gasteiger partial charge on any atom is -0.260 e. The molecule has 0 saturated heterocycles. The first kappa shape index (κ1) is 8.29. The second-order valence-corrected chi connectivity index (χ2v) is 3.74. The molecule has 0 saturated carbocycles. The van der Waals surface area contributed by atoms with Crippen molar-refractivity contribution >= 4 is 34.8 Å². The van der Waals surface area contributed by atoms with Crippen LogP contribution >= 0.6 is 34.8 Å². The van der Waals surface area contributed by atoms with E-state index in [2.05, 4.69) is 30.8 Å². The fourth-order valence-electron chi connectivity index (χ4n) is 0.585. The van der Waals surface area contributed by atoms with Crippen LogP contribution < -0.4 is 2.94 Å². The fourth-order valence-corrected chi connectivity index (χ4v) is 1.43. The highest BCUT2D eigenvalue weighted by Crippen LogP contribution is 2.05. The lowest BCUT2D eigenvalue weighted by Gasteiger charge is -1.95. The van der Waals surface area contributed by atoms with Crippen molar-refractivity contribution in [3.63, 3.8) is 0 Å². The molecule has 1 aromatic rings. The largest absolute Gasteiger partial charge is 0.260 e. The van der Waals surface area contributed by atoms with Gasteiger partial charge >= 0.3 is 0 Å². The number of pyridine rings is 1. The monoisotopic (exact) mass is 266 g/mol. The number of nitrogens with zero attached hydrogens (tertiary/aromatic N) is 1. The Balaban J connectivity index is 2.43. The van der Waals surface area contributed by atoms with Gasteiger partial charge in [0.1, 0.15) is 0 Å². The molecule has 0 atom stereocenters. The first-order valence-electron chi connectivity index (χ1n) is 2.81. The molecule has 0 unspecified atom stereocenters. The van der Waals surface area contributed by atoms with Crippen LogP contribution in [-0.2, 0) is 5.75 Å². The quantitative estimate of drug-likeness (QED) is 0.515. The van der Waals surface area contributed by atoms with Crippen LogP contribution in [0.2, 0.25) is 0 Å². The van der Waals surface area contributed by atoms with E-state index >= 15 is 0 Å². The Labute approximate surface area is 78.4 Å². The minimum atomic E-state index is 0.920. The van der Waals surface area contributed by atoms with Crippen molar-refractivity contribution in [3.05, 3.63) is 30.1 Å². The Kier molecular flexibility index (Phi) is 4.08. The van der Waals surface area contributed by atoms with Gasteiger partial charge in [-0.2, -0.15) is 0 Å². The molecular formula is C6H7IN2S. The van der Waals surface area contributed by atoms with Crippen molar-refractivity contribution in [2.75, 3.05) is 0 Å². The molecule has 0 radical (unpaired) electrons. The van der Waals surface area contributed by atoms with E-state index in [1.807, 2.05) is 24.4 Å². The lowest BCUT2D eigenvalue weighted by molar-refractivity contribution is 1.18. The lowest BCUT2D eigenvalue weighted by atomic mass is 10.4. The van der Waals surface area contributed by atoms with Gasteiger partial charge in [-0.25, -0.2) is 2.94 Å². The summed E-state index contributed by atoms with van der Waals surface area (Å²) in [5, 5.41) is 0. The summed E-state index contributed by atoms with van der Waals surface area (Å²) >= 11 is 3.73. The molecule has 1 N–H and O–H groups in total. The van der Waals surface area contributed by atoms with E-state index in [-0.39, 0.29) is 0 Å². The van der Waals surface area contributed by atoms with Crippen LogP contribution in [0.5, 0.6) is 0 Å². The topological polar surface area (TPSA) is 24.9 Å². The van der Waals surface area contributed by atoms with Crippen LogP contribution in [0, 0.1) is 0 Å². The summed E-state index contributed by atoms with van der Waals surface area (Å²) in [6.07, 6.45) is 1.81. The number of hydrogen-bond donors (Lipinski definition) is 1. The molecule has 1 aromatic heterocycles. The van der Waals surface area contributed by atoms with E-state index in [9.17, 15) is 0 Å². The van der Waals surface area contributed by atoms with Crippen molar-refractivity contribution in [3.8, 4) is 0 Å². The van der Waals surface area contributed by atoms with Crippen LogP contribution in [0.15, 0.2) is 24.4 Å². The third kappa shape index (κ3) is 2.85. The SMILES string of the molecule is INSCc1ccccn1. The lowest BCUT2D eigenvalue weighted by Crippen LogP contribution is -1.87. The summed E-state index contributed by atoms with van der Waals surface area (Å²) < 4.78 is 2.96. The Hall–Kier alpha value is 0.190. The van der Waals surface area contributed by atoms with Gasteiger partial charge in [-0.3, -0.25) is 4.98 Å². The minimum absolute atomic E-state index is 0.920. The molecular weight excluding hydrogens is 259 g/mol. The van der Waals surface area contributed by atoms with Gasteiger partial charge in [0.15, 0.2) is 0 Å². The molecule has 0 amide bonds. The van der Waals surface area contributed by atoms with Gasteiger partial charge < -0.3 is 0 Å². The number of halogens is 1. The highest BCUT2D eigenvalue weighted by atomic mass is 127. The van der Waals surface area contributed by atoms with Crippen molar-refractivity contribution in [1.29, 1.82) is 0 Å². The van der Waals surface area contributed by atoms with Gasteiger partial charge in [0.2, 0.25) is 0 Å². The normalized spacial score (nSPS) is 9.70. The Morgan fingerprint density at radius 1 is 1.60 bits per heavy atom. The Morgan fingerprint density at radius 3 is 3.10 bits per heavy atom. The average molecular weight is 266 g/mol. The third-order valence-electron chi connectivity index (χ3n) is 1.00. The predicted molar refractivity (Wildman–Crippen MR) is 52.7 cm³/mol. The number of aromatic nitrogens is 1. The van der Waals surface area contributed by atoms with Crippen molar-refractivity contribution in [1.82, 2.24) is 7.92 Å². The highest BCUT2D eigenvalue weighted by molar-refractivity contribution is 14.1. The van der Waals surface area contributed by atoms with E-state index in [1.54, 1.807) is 11.9 Å². The molecule has 0 aliphatic carbocycles. The molecule has 54 valence electrons. The number of hydrogen-bond acceptors (Lipinski definition) is 3. The molecule has 1 heterocycles. The first-order valence-corrected chi connectivity index (χ1v) is 4.87. The zero-order valence-corrected chi connectivity index (χ0v) is 8.22. The zero-order valence-electron chi connectivity index (χ0n) is 5.25.